The number of sulfone groups is 1. The zero-order valence-electron chi connectivity index (χ0n) is 12.4. The van der Waals surface area contributed by atoms with E-state index in [9.17, 15) is 17.6 Å². The van der Waals surface area contributed by atoms with Crippen molar-refractivity contribution in [2.24, 2.45) is 0 Å². The van der Waals surface area contributed by atoms with Gasteiger partial charge in [-0.1, -0.05) is 26.7 Å². The Morgan fingerprint density at radius 3 is 2.48 bits per heavy atom. The van der Waals surface area contributed by atoms with Crippen LogP contribution in [0.2, 0.25) is 0 Å². The number of unbranched alkanes of at least 4 members (excludes halogenated alkanes) is 2. The van der Waals surface area contributed by atoms with Crippen molar-refractivity contribution in [3.05, 3.63) is 29.6 Å². The van der Waals surface area contributed by atoms with Gasteiger partial charge in [0.15, 0.2) is 9.84 Å². The first-order valence-electron chi connectivity index (χ1n) is 7.11. The van der Waals surface area contributed by atoms with Crippen LogP contribution in [0.15, 0.2) is 23.1 Å². The van der Waals surface area contributed by atoms with E-state index < -0.39 is 26.5 Å². The zero-order chi connectivity index (χ0) is 15.9. The molecule has 0 heterocycles. The molecule has 1 rings (SSSR count). The third kappa shape index (κ3) is 5.12. The van der Waals surface area contributed by atoms with Gasteiger partial charge in [0.25, 0.3) is 0 Å². The Morgan fingerprint density at radius 2 is 1.86 bits per heavy atom. The predicted octanol–water partition coefficient (Wildman–Crippen LogP) is 3.36. The van der Waals surface area contributed by atoms with Crippen LogP contribution in [0.25, 0.3) is 0 Å². The van der Waals surface area contributed by atoms with Crippen LogP contribution in [-0.4, -0.2) is 26.7 Å². The van der Waals surface area contributed by atoms with E-state index >= 15 is 0 Å². The number of hydrogen-bond donors (Lipinski definition) is 0. The number of benzene rings is 1. The molecule has 0 amide bonds. The number of esters is 1. The van der Waals surface area contributed by atoms with Gasteiger partial charge in [0.05, 0.1) is 17.9 Å². The summed E-state index contributed by atoms with van der Waals surface area (Å²) in [6.07, 6.45) is 2.76. The Hall–Kier alpha value is -1.43. The molecule has 1 aromatic rings. The van der Waals surface area contributed by atoms with Gasteiger partial charge >= 0.3 is 5.97 Å². The molecule has 118 valence electrons. The second-order valence-electron chi connectivity index (χ2n) is 4.81. The largest absolute Gasteiger partial charge is 0.462 e. The van der Waals surface area contributed by atoms with Crippen LogP contribution in [0.5, 0.6) is 0 Å². The quantitative estimate of drug-likeness (QED) is 0.545. The molecule has 0 atom stereocenters. The van der Waals surface area contributed by atoms with E-state index in [1.54, 1.807) is 0 Å². The third-order valence-electron chi connectivity index (χ3n) is 3.00. The molecule has 0 spiro atoms. The average molecular weight is 316 g/mol. The highest BCUT2D eigenvalue weighted by molar-refractivity contribution is 7.91. The van der Waals surface area contributed by atoms with Gasteiger partial charge in [-0.3, -0.25) is 0 Å². The van der Waals surface area contributed by atoms with Crippen molar-refractivity contribution >= 4 is 15.8 Å². The SMILES string of the molecule is CCCCOC(=O)c1ccc(F)c(S(=O)(=O)CCCC)c1. The minimum Gasteiger partial charge on any atom is -0.462 e. The van der Waals surface area contributed by atoms with Crippen LogP contribution in [0.3, 0.4) is 0 Å². The standard InChI is InChI=1S/C15H21FO4S/c1-3-5-9-20-15(17)12-7-8-13(16)14(11-12)21(18,19)10-6-4-2/h7-8,11H,3-6,9-10H2,1-2H3. The Kier molecular flexibility index (Phi) is 6.81. The van der Waals surface area contributed by atoms with Crippen molar-refractivity contribution in [2.45, 2.75) is 44.4 Å². The van der Waals surface area contributed by atoms with Crippen molar-refractivity contribution in [2.75, 3.05) is 12.4 Å². The van der Waals surface area contributed by atoms with Crippen molar-refractivity contribution < 1.29 is 22.3 Å². The van der Waals surface area contributed by atoms with Crippen LogP contribution in [0, 0.1) is 5.82 Å². The second-order valence-corrected chi connectivity index (χ2v) is 6.88. The van der Waals surface area contributed by atoms with Crippen molar-refractivity contribution in [1.29, 1.82) is 0 Å². The minimum atomic E-state index is -3.72. The Balaban J connectivity index is 2.97. The molecule has 0 aliphatic rings. The fraction of sp³-hybridized carbons (Fsp3) is 0.533. The maximum Gasteiger partial charge on any atom is 0.338 e. The number of carbonyl (C=O) groups excluding carboxylic acids is 1. The first-order chi connectivity index (χ1) is 9.92. The number of carbonyl (C=O) groups is 1. The maximum atomic E-state index is 13.7. The first kappa shape index (κ1) is 17.6. The molecule has 0 N–H and O–H groups in total. The third-order valence-corrected chi connectivity index (χ3v) is 4.81. The molecule has 0 aromatic heterocycles. The summed E-state index contributed by atoms with van der Waals surface area (Å²) in [5, 5.41) is 0. The molecule has 0 saturated carbocycles. The van der Waals surface area contributed by atoms with E-state index in [2.05, 4.69) is 0 Å². The predicted molar refractivity (Wildman–Crippen MR) is 78.6 cm³/mol. The molecule has 0 radical (unpaired) electrons. The molecular weight excluding hydrogens is 295 g/mol. The van der Waals surface area contributed by atoms with E-state index in [0.29, 0.717) is 12.8 Å². The van der Waals surface area contributed by atoms with Gasteiger partial charge in [-0.05, 0) is 31.0 Å². The Labute approximate surface area is 125 Å². The fourth-order valence-corrected chi connectivity index (χ4v) is 3.27. The van der Waals surface area contributed by atoms with Gasteiger partial charge in [0, 0.05) is 0 Å². The lowest BCUT2D eigenvalue weighted by atomic mass is 10.2. The molecule has 1 aromatic carbocycles. The molecule has 4 nitrogen and oxygen atoms in total. The number of hydrogen-bond acceptors (Lipinski definition) is 4. The lowest BCUT2D eigenvalue weighted by molar-refractivity contribution is 0.0499. The highest BCUT2D eigenvalue weighted by Crippen LogP contribution is 2.19. The zero-order valence-corrected chi connectivity index (χ0v) is 13.2. The summed E-state index contributed by atoms with van der Waals surface area (Å²) >= 11 is 0. The van der Waals surface area contributed by atoms with Gasteiger partial charge in [-0.2, -0.15) is 0 Å². The van der Waals surface area contributed by atoms with Gasteiger partial charge in [-0.15, -0.1) is 0 Å². The van der Waals surface area contributed by atoms with Crippen LogP contribution in [-0.2, 0) is 14.6 Å². The first-order valence-corrected chi connectivity index (χ1v) is 8.77. The molecule has 0 unspecified atom stereocenters. The Bertz CT molecular complexity index is 581. The highest BCUT2D eigenvalue weighted by Gasteiger charge is 2.21. The lowest BCUT2D eigenvalue weighted by Gasteiger charge is -2.08. The monoisotopic (exact) mass is 316 g/mol. The molecule has 0 aliphatic carbocycles. The molecule has 0 bridgehead atoms. The molecule has 6 heteroatoms. The summed E-state index contributed by atoms with van der Waals surface area (Å²) < 4.78 is 42.8. The van der Waals surface area contributed by atoms with E-state index in [0.717, 1.165) is 25.0 Å². The van der Waals surface area contributed by atoms with Crippen molar-refractivity contribution in [3.8, 4) is 0 Å². The average Bonchev–Trinajstić information content (AvgIpc) is 2.45. The van der Waals surface area contributed by atoms with Crippen molar-refractivity contribution in [1.82, 2.24) is 0 Å². The normalized spacial score (nSPS) is 11.4. The molecule has 21 heavy (non-hydrogen) atoms. The molecule has 0 aliphatic heterocycles. The summed E-state index contributed by atoms with van der Waals surface area (Å²) in [6.45, 7) is 4.09. The van der Waals surface area contributed by atoms with Crippen LogP contribution < -0.4 is 0 Å². The van der Waals surface area contributed by atoms with Crippen LogP contribution in [0.4, 0.5) is 4.39 Å². The van der Waals surface area contributed by atoms with Gasteiger partial charge in [-0.25, -0.2) is 17.6 Å². The number of halogens is 1. The summed E-state index contributed by atoms with van der Waals surface area (Å²) in [4.78, 5) is 11.4. The highest BCUT2D eigenvalue weighted by atomic mass is 32.2. The maximum absolute atomic E-state index is 13.7. The molecule has 0 saturated heterocycles. The van der Waals surface area contributed by atoms with E-state index in [4.69, 9.17) is 4.74 Å². The summed E-state index contributed by atoms with van der Waals surface area (Å²) in [6, 6.07) is 3.30. The molecule has 0 fully saturated rings. The van der Waals surface area contributed by atoms with E-state index in [1.807, 2.05) is 13.8 Å². The van der Waals surface area contributed by atoms with Crippen molar-refractivity contribution in [3.63, 3.8) is 0 Å². The summed E-state index contributed by atoms with van der Waals surface area (Å²) in [5.74, 6) is -1.60. The Morgan fingerprint density at radius 1 is 1.19 bits per heavy atom. The number of rotatable bonds is 8. The summed E-state index contributed by atoms with van der Waals surface area (Å²) in [7, 11) is -3.72. The number of ether oxygens (including phenoxy) is 1. The minimum absolute atomic E-state index is 0.0579. The lowest BCUT2D eigenvalue weighted by Crippen LogP contribution is -2.12. The van der Waals surface area contributed by atoms with Gasteiger partial charge < -0.3 is 4.74 Å². The van der Waals surface area contributed by atoms with Crippen LogP contribution in [0.1, 0.15) is 49.9 Å². The van der Waals surface area contributed by atoms with E-state index in [-0.39, 0.29) is 17.9 Å². The summed E-state index contributed by atoms with van der Waals surface area (Å²) in [5.41, 5.74) is 0.0579. The van der Waals surface area contributed by atoms with Gasteiger partial charge in [0.2, 0.25) is 0 Å². The van der Waals surface area contributed by atoms with E-state index in [1.165, 1.54) is 6.07 Å². The topological polar surface area (TPSA) is 60.4 Å². The van der Waals surface area contributed by atoms with Gasteiger partial charge in [0.1, 0.15) is 10.7 Å². The molecular formula is C15H21FO4S. The second kappa shape index (κ2) is 8.12. The smallest absolute Gasteiger partial charge is 0.338 e. The fourth-order valence-electron chi connectivity index (χ4n) is 1.71. The van der Waals surface area contributed by atoms with Crippen LogP contribution >= 0.6 is 0 Å².